The Morgan fingerprint density at radius 1 is 1.50 bits per heavy atom. The molecule has 0 saturated carbocycles. The smallest absolute Gasteiger partial charge is 0.202 e. The van der Waals surface area contributed by atoms with Gasteiger partial charge in [0.1, 0.15) is 0 Å². The van der Waals surface area contributed by atoms with Gasteiger partial charge in [0.05, 0.1) is 12.5 Å². The summed E-state index contributed by atoms with van der Waals surface area (Å²) in [6, 6.07) is -0.200. The molecule has 0 spiro atoms. The van der Waals surface area contributed by atoms with Gasteiger partial charge in [-0.3, -0.25) is 14.4 Å². The first kappa shape index (κ1) is 9.06. The third-order valence-corrected chi connectivity index (χ3v) is 1.93. The lowest BCUT2D eigenvalue weighted by Crippen LogP contribution is -2.32. The van der Waals surface area contributed by atoms with Crippen molar-refractivity contribution in [3.05, 3.63) is 0 Å². The van der Waals surface area contributed by atoms with Gasteiger partial charge in [-0.15, -0.1) is 0 Å². The third kappa shape index (κ3) is 2.23. The van der Waals surface area contributed by atoms with Crippen molar-refractivity contribution in [2.24, 2.45) is 0 Å². The summed E-state index contributed by atoms with van der Waals surface area (Å²) in [7, 11) is 0. The van der Waals surface area contributed by atoms with Crippen molar-refractivity contribution in [2.75, 3.05) is 6.54 Å². The van der Waals surface area contributed by atoms with Gasteiger partial charge < -0.3 is 5.32 Å². The summed E-state index contributed by atoms with van der Waals surface area (Å²) in [6.07, 6.45) is 1.70. The van der Waals surface area contributed by atoms with Crippen LogP contribution in [0.3, 0.4) is 0 Å². The molecular formula is C8H11NO3. The Hall–Kier alpha value is -1.03. The van der Waals surface area contributed by atoms with Gasteiger partial charge in [0.2, 0.25) is 5.78 Å². The molecule has 0 amide bonds. The molecule has 0 radical (unpaired) electrons. The predicted octanol–water partition coefficient (Wildman–Crippen LogP) is -0.534. The van der Waals surface area contributed by atoms with Crippen LogP contribution >= 0.6 is 0 Å². The van der Waals surface area contributed by atoms with Crippen molar-refractivity contribution in [3.8, 4) is 0 Å². The van der Waals surface area contributed by atoms with Gasteiger partial charge >= 0.3 is 0 Å². The maximum absolute atomic E-state index is 11.2. The van der Waals surface area contributed by atoms with Gasteiger partial charge in [-0.25, -0.2) is 0 Å². The molecule has 1 N–H and O–H groups in total. The van der Waals surface area contributed by atoms with Gasteiger partial charge in [0.25, 0.3) is 0 Å². The molecule has 0 bridgehead atoms. The fourth-order valence-corrected chi connectivity index (χ4v) is 1.30. The van der Waals surface area contributed by atoms with E-state index in [-0.39, 0.29) is 24.5 Å². The maximum Gasteiger partial charge on any atom is 0.202 e. The Kier molecular flexibility index (Phi) is 3.10. The lowest BCUT2D eigenvalue weighted by molar-refractivity contribution is -0.133. The maximum atomic E-state index is 11.2. The minimum absolute atomic E-state index is 0.162. The lowest BCUT2D eigenvalue weighted by atomic mass is 10.1. The highest BCUT2D eigenvalue weighted by molar-refractivity contribution is 6.30. The van der Waals surface area contributed by atoms with Crippen LogP contribution in [0.1, 0.15) is 19.3 Å². The third-order valence-electron chi connectivity index (χ3n) is 1.93. The predicted molar refractivity (Wildman–Crippen MR) is 41.7 cm³/mol. The van der Waals surface area contributed by atoms with Crippen LogP contribution in [0.25, 0.3) is 0 Å². The first-order valence-electron chi connectivity index (χ1n) is 3.98. The van der Waals surface area contributed by atoms with Crippen LogP contribution in [-0.4, -0.2) is 30.4 Å². The number of Topliss-reactive ketones (excluding diaryl/α,β-unsaturated/α-hetero) is 2. The molecule has 0 aromatic heterocycles. The Labute approximate surface area is 70.3 Å². The van der Waals surface area contributed by atoms with E-state index in [1.54, 1.807) is 0 Å². The summed E-state index contributed by atoms with van der Waals surface area (Å²) in [4.78, 5) is 31.7. The van der Waals surface area contributed by atoms with Crippen LogP contribution in [-0.2, 0) is 14.4 Å². The Bertz CT molecular complexity index is 206. The molecule has 1 rings (SSSR count). The van der Waals surface area contributed by atoms with Crippen LogP contribution in [0.5, 0.6) is 0 Å². The number of hydrogen-bond acceptors (Lipinski definition) is 4. The van der Waals surface area contributed by atoms with E-state index >= 15 is 0 Å². The highest BCUT2D eigenvalue weighted by Crippen LogP contribution is 2.07. The van der Waals surface area contributed by atoms with Crippen LogP contribution in [0.2, 0.25) is 0 Å². The average molecular weight is 169 g/mol. The van der Waals surface area contributed by atoms with E-state index in [0.29, 0.717) is 0 Å². The van der Waals surface area contributed by atoms with Gasteiger partial charge in [0.15, 0.2) is 12.1 Å². The van der Waals surface area contributed by atoms with E-state index < -0.39 is 5.78 Å². The highest BCUT2D eigenvalue weighted by atomic mass is 16.2. The number of rotatable bonds is 4. The molecule has 1 fully saturated rings. The van der Waals surface area contributed by atoms with E-state index in [1.165, 1.54) is 0 Å². The lowest BCUT2D eigenvalue weighted by Gasteiger charge is -2.05. The molecule has 0 aliphatic carbocycles. The zero-order valence-electron chi connectivity index (χ0n) is 6.71. The molecule has 1 unspecified atom stereocenters. The van der Waals surface area contributed by atoms with Gasteiger partial charge in [-0.05, 0) is 19.4 Å². The highest BCUT2D eigenvalue weighted by Gasteiger charge is 2.23. The molecule has 4 heteroatoms. The summed E-state index contributed by atoms with van der Waals surface area (Å²) in [6.45, 7) is 0.825. The van der Waals surface area contributed by atoms with Crippen LogP contribution < -0.4 is 5.32 Å². The second-order valence-electron chi connectivity index (χ2n) is 2.88. The molecule has 1 saturated heterocycles. The first-order valence-corrected chi connectivity index (χ1v) is 3.98. The zero-order chi connectivity index (χ0) is 8.97. The van der Waals surface area contributed by atoms with Gasteiger partial charge in [0, 0.05) is 0 Å². The van der Waals surface area contributed by atoms with Crippen molar-refractivity contribution in [1.82, 2.24) is 5.32 Å². The average Bonchev–Trinajstić information content (AvgIpc) is 2.56. The molecule has 4 nitrogen and oxygen atoms in total. The fourth-order valence-electron chi connectivity index (χ4n) is 1.30. The number of ketones is 2. The second-order valence-corrected chi connectivity index (χ2v) is 2.88. The largest absolute Gasteiger partial charge is 0.307 e. The minimum atomic E-state index is -0.631. The molecular weight excluding hydrogens is 158 g/mol. The molecule has 1 heterocycles. The van der Waals surface area contributed by atoms with Crippen molar-refractivity contribution in [1.29, 1.82) is 0 Å². The number of carbonyl (C=O) groups is 3. The van der Waals surface area contributed by atoms with Gasteiger partial charge in [-0.1, -0.05) is 0 Å². The summed E-state index contributed by atoms with van der Waals surface area (Å²) in [5.74, 6) is -0.793. The van der Waals surface area contributed by atoms with Crippen molar-refractivity contribution >= 4 is 17.9 Å². The van der Waals surface area contributed by atoms with Crippen molar-refractivity contribution in [3.63, 3.8) is 0 Å². The van der Waals surface area contributed by atoms with Crippen LogP contribution in [0.4, 0.5) is 0 Å². The topological polar surface area (TPSA) is 63.2 Å². The fraction of sp³-hybridized carbons (Fsp3) is 0.625. The van der Waals surface area contributed by atoms with E-state index in [2.05, 4.69) is 5.32 Å². The van der Waals surface area contributed by atoms with Crippen LogP contribution in [0, 0.1) is 0 Å². The first-order chi connectivity index (χ1) is 5.74. The van der Waals surface area contributed by atoms with Crippen molar-refractivity contribution in [2.45, 2.75) is 25.3 Å². The standard InChI is InChI=1S/C8H11NO3/c10-5-6(11)4-8(12)7-2-1-3-9-7/h5,7,9H,1-4H2. The van der Waals surface area contributed by atoms with Crippen molar-refractivity contribution < 1.29 is 14.4 Å². The number of nitrogens with one attached hydrogen (secondary N) is 1. The quantitative estimate of drug-likeness (QED) is 0.349. The molecule has 1 aliphatic heterocycles. The minimum Gasteiger partial charge on any atom is -0.307 e. The SMILES string of the molecule is O=CC(=O)CC(=O)C1CCCN1. The van der Waals surface area contributed by atoms with E-state index in [4.69, 9.17) is 0 Å². The second kappa shape index (κ2) is 4.11. The molecule has 1 atom stereocenters. The zero-order valence-corrected chi connectivity index (χ0v) is 6.71. The van der Waals surface area contributed by atoms with E-state index in [1.807, 2.05) is 0 Å². The van der Waals surface area contributed by atoms with Crippen LogP contribution in [0.15, 0.2) is 0 Å². The number of carbonyl (C=O) groups excluding carboxylic acids is 3. The molecule has 12 heavy (non-hydrogen) atoms. The molecule has 66 valence electrons. The van der Waals surface area contributed by atoms with E-state index in [0.717, 1.165) is 19.4 Å². The normalized spacial score (nSPS) is 22.2. The summed E-state index contributed by atoms with van der Waals surface area (Å²) in [5.41, 5.74) is 0. The molecule has 0 aromatic rings. The number of hydrogen-bond donors (Lipinski definition) is 1. The Morgan fingerprint density at radius 2 is 2.25 bits per heavy atom. The van der Waals surface area contributed by atoms with E-state index in [9.17, 15) is 14.4 Å². The monoisotopic (exact) mass is 169 g/mol. The summed E-state index contributed by atoms with van der Waals surface area (Å²) in [5, 5.41) is 2.97. The molecule has 1 aliphatic rings. The summed E-state index contributed by atoms with van der Waals surface area (Å²) < 4.78 is 0. The van der Waals surface area contributed by atoms with Gasteiger partial charge in [-0.2, -0.15) is 0 Å². The summed E-state index contributed by atoms with van der Waals surface area (Å²) >= 11 is 0. The molecule has 0 aromatic carbocycles. The number of aldehydes is 1. The Balaban J connectivity index is 2.36. The Morgan fingerprint density at radius 3 is 2.75 bits per heavy atom.